The Morgan fingerprint density at radius 1 is 1.06 bits per heavy atom. The Balaban J connectivity index is 1.75. The monoisotopic (exact) mass is 426 g/mol. The third-order valence-corrected chi connectivity index (χ3v) is 4.26. The number of nitrogens with one attached hydrogen (secondary N) is 1. The number of furan rings is 1. The molecule has 8 heteroatoms. The summed E-state index contributed by atoms with van der Waals surface area (Å²) in [4.78, 5) is 27.0. The molecule has 1 N–H and O–H groups in total. The normalized spacial score (nSPS) is 11.3. The molecular weight excluding hydrogens is 406 g/mol. The first kappa shape index (κ1) is 21.8. The Labute approximate surface area is 177 Å². The van der Waals surface area contributed by atoms with Gasteiger partial charge in [0.05, 0.1) is 6.26 Å². The predicted octanol–water partition coefficient (Wildman–Crippen LogP) is 4.31. The highest BCUT2D eigenvalue weighted by Gasteiger charge is 2.19. The average Bonchev–Trinajstić information content (AvgIpc) is 3.27. The molecule has 0 fully saturated rings. The zero-order valence-corrected chi connectivity index (χ0v) is 16.6. The molecule has 3 rings (SSSR count). The number of nitrogens with zero attached hydrogens (tertiary/aromatic N) is 1. The van der Waals surface area contributed by atoms with E-state index in [1.165, 1.54) is 29.4 Å². The lowest BCUT2D eigenvalue weighted by atomic mass is 10.2. The number of carbonyl (C=O) groups excluding carboxylic acids is 2. The summed E-state index contributed by atoms with van der Waals surface area (Å²) in [6.45, 7) is -2.72. The van der Waals surface area contributed by atoms with Gasteiger partial charge in [0.2, 0.25) is 0 Å². The fourth-order valence-corrected chi connectivity index (χ4v) is 2.78. The topological polar surface area (TPSA) is 71.8 Å². The molecule has 0 aliphatic rings. The zero-order valence-electron chi connectivity index (χ0n) is 16.6. The number of carbonyl (C=O) groups is 2. The predicted molar refractivity (Wildman–Crippen MR) is 110 cm³/mol. The minimum atomic E-state index is -2.90. The second kappa shape index (κ2) is 10.2. The van der Waals surface area contributed by atoms with Crippen molar-refractivity contribution >= 4 is 17.9 Å². The molecule has 0 aliphatic carbocycles. The maximum Gasteiger partial charge on any atom is 0.387 e. The van der Waals surface area contributed by atoms with Crippen molar-refractivity contribution in [2.75, 3.05) is 7.05 Å². The van der Waals surface area contributed by atoms with Gasteiger partial charge in [-0.3, -0.25) is 9.59 Å². The van der Waals surface area contributed by atoms with Crippen molar-refractivity contribution in [3.8, 4) is 5.75 Å². The molecule has 31 heavy (non-hydrogen) atoms. The van der Waals surface area contributed by atoms with Gasteiger partial charge in [0, 0.05) is 25.2 Å². The van der Waals surface area contributed by atoms with Crippen molar-refractivity contribution in [3.05, 3.63) is 95.6 Å². The first-order chi connectivity index (χ1) is 14.9. The van der Waals surface area contributed by atoms with E-state index in [1.807, 2.05) is 0 Å². The minimum absolute atomic E-state index is 0.0289. The van der Waals surface area contributed by atoms with Crippen LogP contribution in [0.5, 0.6) is 5.75 Å². The van der Waals surface area contributed by atoms with Crippen LogP contribution in [0.2, 0.25) is 0 Å². The third-order valence-electron chi connectivity index (χ3n) is 4.26. The van der Waals surface area contributed by atoms with Gasteiger partial charge in [0.15, 0.2) is 0 Å². The summed E-state index contributed by atoms with van der Waals surface area (Å²) in [7, 11) is 1.57. The molecule has 160 valence electrons. The zero-order chi connectivity index (χ0) is 22.2. The number of halogens is 2. The lowest BCUT2D eigenvalue weighted by molar-refractivity contribution is -0.126. The van der Waals surface area contributed by atoms with E-state index in [2.05, 4.69) is 10.1 Å². The summed E-state index contributed by atoms with van der Waals surface area (Å²) in [6, 6.07) is 17.8. The van der Waals surface area contributed by atoms with E-state index in [1.54, 1.807) is 61.6 Å². The number of benzene rings is 2. The molecular formula is C23H20F2N2O4. The van der Waals surface area contributed by atoms with Gasteiger partial charge in [0.1, 0.15) is 17.2 Å². The van der Waals surface area contributed by atoms with Crippen molar-refractivity contribution in [3.63, 3.8) is 0 Å². The molecule has 6 nitrogen and oxygen atoms in total. The van der Waals surface area contributed by atoms with Crippen LogP contribution < -0.4 is 10.1 Å². The summed E-state index contributed by atoms with van der Waals surface area (Å²) in [6.07, 6.45) is 2.90. The summed E-state index contributed by atoms with van der Waals surface area (Å²) < 4.78 is 34.2. The molecule has 0 saturated heterocycles. The van der Waals surface area contributed by atoms with E-state index in [0.29, 0.717) is 16.9 Å². The molecule has 0 bridgehead atoms. The van der Waals surface area contributed by atoms with Crippen molar-refractivity contribution in [2.45, 2.75) is 13.2 Å². The number of alkyl halides is 2. The highest BCUT2D eigenvalue weighted by atomic mass is 19.3. The summed E-state index contributed by atoms with van der Waals surface area (Å²) in [5, 5.41) is 2.64. The van der Waals surface area contributed by atoms with E-state index in [-0.39, 0.29) is 18.0 Å². The largest absolute Gasteiger partial charge is 0.465 e. The molecule has 1 heterocycles. The van der Waals surface area contributed by atoms with Crippen molar-refractivity contribution in [2.24, 2.45) is 0 Å². The molecule has 0 saturated carbocycles. The highest BCUT2D eigenvalue weighted by Crippen LogP contribution is 2.17. The van der Waals surface area contributed by atoms with Crippen LogP contribution in [-0.2, 0) is 11.3 Å². The number of hydrogen-bond donors (Lipinski definition) is 1. The van der Waals surface area contributed by atoms with Gasteiger partial charge in [-0.1, -0.05) is 30.3 Å². The van der Waals surface area contributed by atoms with Gasteiger partial charge < -0.3 is 19.4 Å². The Morgan fingerprint density at radius 2 is 1.77 bits per heavy atom. The third kappa shape index (κ3) is 6.27. The standard InChI is InChI=1S/C23H20F2N2O4/c1-27(15-16-9-11-18(12-10-16)31-23(24)25)22(29)20(14-19-8-5-13-30-19)26-21(28)17-6-3-2-4-7-17/h2-14,23H,15H2,1H3,(H,26,28)/b20-14-. The Kier molecular flexibility index (Phi) is 7.16. The molecule has 1 aromatic heterocycles. The maximum atomic E-state index is 13.0. The lowest BCUT2D eigenvalue weighted by Gasteiger charge is -2.20. The van der Waals surface area contributed by atoms with Gasteiger partial charge >= 0.3 is 6.61 Å². The van der Waals surface area contributed by atoms with Crippen LogP contribution in [0.4, 0.5) is 8.78 Å². The molecule has 0 aliphatic heterocycles. The summed E-state index contributed by atoms with van der Waals surface area (Å²) in [5.41, 5.74) is 1.13. The van der Waals surface area contributed by atoms with Crippen LogP contribution in [0.15, 0.2) is 83.1 Å². The fourth-order valence-electron chi connectivity index (χ4n) is 2.78. The van der Waals surface area contributed by atoms with Gasteiger partial charge in [0.25, 0.3) is 11.8 Å². The molecule has 0 spiro atoms. The number of amides is 2. The van der Waals surface area contributed by atoms with Gasteiger partial charge in [-0.25, -0.2) is 0 Å². The Morgan fingerprint density at radius 3 is 2.39 bits per heavy atom. The molecule has 0 atom stereocenters. The number of hydrogen-bond acceptors (Lipinski definition) is 4. The average molecular weight is 426 g/mol. The number of rotatable bonds is 8. The number of ether oxygens (including phenoxy) is 1. The molecule has 0 unspecified atom stereocenters. The van der Waals surface area contributed by atoms with Crippen LogP contribution in [0.1, 0.15) is 21.7 Å². The molecule has 2 aromatic carbocycles. The van der Waals surface area contributed by atoms with E-state index in [0.717, 1.165) is 0 Å². The Bertz CT molecular complexity index is 1030. The number of likely N-dealkylation sites (N-methyl/N-ethyl adjacent to an activating group) is 1. The van der Waals surface area contributed by atoms with Gasteiger partial charge in [-0.2, -0.15) is 8.78 Å². The van der Waals surface area contributed by atoms with Crippen molar-refractivity contribution in [1.29, 1.82) is 0 Å². The summed E-state index contributed by atoms with van der Waals surface area (Å²) in [5.74, 6) is -0.456. The lowest BCUT2D eigenvalue weighted by Crippen LogP contribution is -2.35. The fraction of sp³-hybridized carbons (Fsp3) is 0.130. The van der Waals surface area contributed by atoms with E-state index in [4.69, 9.17) is 4.42 Å². The van der Waals surface area contributed by atoms with E-state index >= 15 is 0 Å². The first-order valence-corrected chi connectivity index (χ1v) is 9.33. The Hall–Kier alpha value is -3.94. The quantitative estimate of drug-likeness (QED) is 0.545. The molecule has 2 amide bonds. The molecule has 3 aromatic rings. The summed E-state index contributed by atoms with van der Waals surface area (Å²) >= 11 is 0. The van der Waals surface area contributed by atoms with Crippen LogP contribution >= 0.6 is 0 Å². The highest BCUT2D eigenvalue weighted by molar-refractivity contribution is 6.05. The van der Waals surface area contributed by atoms with Crippen LogP contribution in [0, 0.1) is 0 Å². The smallest absolute Gasteiger partial charge is 0.387 e. The maximum absolute atomic E-state index is 13.0. The van der Waals surface area contributed by atoms with Crippen LogP contribution in [0.25, 0.3) is 6.08 Å². The minimum Gasteiger partial charge on any atom is -0.465 e. The van der Waals surface area contributed by atoms with Gasteiger partial charge in [-0.05, 0) is 42.0 Å². The second-order valence-electron chi connectivity index (χ2n) is 6.58. The van der Waals surface area contributed by atoms with Crippen molar-refractivity contribution < 1.29 is 27.5 Å². The second-order valence-corrected chi connectivity index (χ2v) is 6.58. The SMILES string of the molecule is CN(Cc1ccc(OC(F)F)cc1)C(=O)/C(=C/c1ccco1)NC(=O)c1ccccc1. The van der Waals surface area contributed by atoms with Crippen LogP contribution in [0.3, 0.4) is 0 Å². The molecule has 0 radical (unpaired) electrons. The van der Waals surface area contributed by atoms with Crippen molar-refractivity contribution in [1.82, 2.24) is 10.2 Å². The van der Waals surface area contributed by atoms with E-state index in [9.17, 15) is 18.4 Å². The first-order valence-electron chi connectivity index (χ1n) is 9.33. The van der Waals surface area contributed by atoms with Gasteiger partial charge in [-0.15, -0.1) is 0 Å². The van der Waals surface area contributed by atoms with Crippen LogP contribution in [-0.4, -0.2) is 30.4 Å². The van der Waals surface area contributed by atoms with E-state index < -0.39 is 18.4 Å².